The highest BCUT2D eigenvalue weighted by atomic mass is 16.4. The third-order valence-corrected chi connectivity index (χ3v) is 2.79. The number of piperidine rings is 1. The van der Waals surface area contributed by atoms with E-state index in [9.17, 15) is 4.79 Å². The van der Waals surface area contributed by atoms with Gasteiger partial charge in [-0.25, -0.2) is 0 Å². The van der Waals surface area contributed by atoms with Gasteiger partial charge in [-0.2, -0.15) is 0 Å². The zero-order valence-electron chi connectivity index (χ0n) is 8.99. The summed E-state index contributed by atoms with van der Waals surface area (Å²) < 4.78 is 0. The van der Waals surface area contributed by atoms with Crippen LogP contribution in [-0.4, -0.2) is 49.2 Å². The number of nitrogens with zero attached hydrogens (tertiary/aromatic N) is 1. The zero-order valence-corrected chi connectivity index (χ0v) is 8.99. The van der Waals surface area contributed by atoms with Gasteiger partial charge in [0, 0.05) is 6.04 Å². The van der Waals surface area contributed by atoms with Gasteiger partial charge in [-0.3, -0.25) is 4.79 Å². The van der Waals surface area contributed by atoms with E-state index in [1.54, 1.807) is 0 Å². The first kappa shape index (κ1) is 11.5. The van der Waals surface area contributed by atoms with Gasteiger partial charge in [-0.05, 0) is 46.4 Å². The van der Waals surface area contributed by atoms with E-state index >= 15 is 0 Å². The Kier molecular flexibility index (Phi) is 4.35. The summed E-state index contributed by atoms with van der Waals surface area (Å²) in [6.07, 6.45) is 2.72. The lowest BCUT2D eigenvalue weighted by atomic mass is 9.89. The highest BCUT2D eigenvalue weighted by molar-refractivity contribution is 5.71. The number of carboxylic acids is 1. The largest absolute Gasteiger partial charge is 0.481 e. The second kappa shape index (κ2) is 5.32. The van der Waals surface area contributed by atoms with Crippen LogP contribution in [-0.2, 0) is 4.79 Å². The monoisotopic (exact) mass is 200 g/mol. The first-order chi connectivity index (χ1) is 6.61. The fourth-order valence-electron chi connectivity index (χ4n) is 1.95. The second-order valence-electron chi connectivity index (χ2n) is 4.24. The molecule has 1 rings (SSSR count). The number of hydrogen-bond donors (Lipinski definition) is 2. The topological polar surface area (TPSA) is 52.6 Å². The summed E-state index contributed by atoms with van der Waals surface area (Å²) in [5.74, 6) is -0.843. The van der Waals surface area contributed by atoms with Gasteiger partial charge in [0.05, 0.1) is 5.92 Å². The molecule has 0 saturated carbocycles. The van der Waals surface area contributed by atoms with Crippen molar-refractivity contribution in [2.75, 3.05) is 27.2 Å². The van der Waals surface area contributed by atoms with Crippen molar-refractivity contribution in [3.63, 3.8) is 0 Å². The summed E-state index contributed by atoms with van der Waals surface area (Å²) >= 11 is 0. The maximum absolute atomic E-state index is 11.0. The number of nitrogens with one attached hydrogen (secondary N) is 1. The molecule has 0 aromatic rings. The van der Waals surface area contributed by atoms with Crippen LogP contribution in [0.4, 0.5) is 0 Å². The molecule has 2 N–H and O–H groups in total. The summed E-state index contributed by atoms with van der Waals surface area (Å²) in [4.78, 5) is 13.0. The molecule has 4 heteroatoms. The molecule has 0 aromatic carbocycles. The van der Waals surface area contributed by atoms with Crippen LogP contribution in [0.3, 0.4) is 0 Å². The number of carbonyl (C=O) groups is 1. The fourth-order valence-corrected chi connectivity index (χ4v) is 1.95. The normalized spacial score (nSPS) is 27.9. The van der Waals surface area contributed by atoms with Crippen LogP contribution in [0.15, 0.2) is 0 Å². The van der Waals surface area contributed by atoms with E-state index in [0.717, 1.165) is 32.4 Å². The van der Waals surface area contributed by atoms with E-state index in [0.29, 0.717) is 0 Å². The van der Waals surface area contributed by atoms with Crippen LogP contribution >= 0.6 is 0 Å². The predicted molar refractivity (Wildman–Crippen MR) is 55.3 cm³/mol. The number of aliphatic carboxylic acids is 1. The third-order valence-electron chi connectivity index (χ3n) is 2.79. The van der Waals surface area contributed by atoms with Crippen molar-refractivity contribution in [1.82, 2.24) is 10.2 Å². The van der Waals surface area contributed by atoms with E-state index in [4.69, 9.17) is 5.11 Å². The molecule has 0 aromatic heterocycles. The van der Waals surface area contributed by atoms with Crippen LogP contribution in [0.1, 0.15) is 19.3 Å². The first-order valence-electron chi connectivity index (χ1n) is 5.22. The maximum atomic E-state index is 11.0. The van der Waals surface area contributed by atoms with E-state index in [2.05, 4.69) is 10.2 Å². The molecule has 1 fully saturated rings. The minimum absolute atomic E-state index is 0.156. The van der Waals surface area contributed by atoms with Crippen molar-refractivity contribution >= 4 is 5.97 Å². The van der Waals surface area contributed by atoms with E-state index in [1.807, 2.05) is 14.1 Å². The second-order valence-corrected chi connectivity index (χ2v) is 4.24. The summed E-state index contributed by atoms with van der Waals surface area (Å²) in [6, 6.07) is 0.156. The smallest absolute Gasteiger partial charge is 0.308 e. The Morgan fingerprint density at radius 2 is 2.29 bits per heavy atom. The maximum Gasteiger partial charge on any atom is 0.308 e. The van der Waals surface area contributed by atoms with Gasteiger partial charge in [0.25, 0.3) is 0 Å². The van der Waals surface area contributed by atoms with Crippen LogP contribution in [0, 0.1) is 5.92 Å². The molecule has 14 heavy (non-hydrogen) atoms. The molecule has 0 unspecified atom stereocenters. The van der Waals surface area contributed by atoms with Gasteiger partial charge in [0.15, 0.2) is 0 Å². The van der Waals surface area contributed by atoms with Gasteiger partial charge >= 0.3 is 5.97 Å². The van der Waals surface area contributed by atoms with Crippen molar-refractivity contribution in [1.29, 1.82) is 0 Å². The Morgan fingerprint density at radius 1 is 1.57 bits per heavy atom. The van der Waals surface area contributed by atoms with Crippen molar-refractivity contribution in [3.05, 3.63) is 0 Å². The lowest BCUT2D eigenvalue weighted by molar-refractivity contribution is -0.143. The average molecular weight is 200 g/mol. The van der Waals surface area contributed by atoms with Crippen molar-refractivity contribution in [3.8, 4) is 0 Å². The molecule has 1 saturated heterocycles. The van der Waals surface area contributed by atoms with Gasteiger partial charge in [-0.15, -0.1) is 0 Å². The molecule has 1 aliphatic heterocycles. The molecule has 0 aliphatic carbocycles. The Bertz CT molecular complexity index is 195. The number of carboxylic acid groups (broad SMARTS) is 1. The van der Waals surface area contributed by atoms with Gasteiger partial charge in [0.2, 0.25) is 0 Å². The Labute approximate surface area is 85.3 Å². The SMILES string of the molecule is CN(C)CC[C@H]1NCCC[C@@H]1C(=O)O. The van der Waals surface area contributed by atoms with Crippen LogP contribution < -0.4 is 5.32 Å². The van der Waals surface area contributed by atoms with Crippen LogP contribution in [0.5, 0.6) is 0 Å². The predicted octanol–water partition coefficient (Wildman–Crippen LogP) is 0.391. The van der Waals surface area contributed by atoms with Crippen molar-refractivity contribution in [2.45, 2.75) is 25.3 Å². The highest BCUT2D eigenvalue weighted by Gasteiger charge is 2.29. The molecule has 0 amide bonds. The molecule has 0 radical (unpaired) electrons. The van der Waals surface area contributed by atoms with Gasteiger partial charge in [-0.1, -0.05) is 0 Å². The van der Waals surface area contributed by atoms with E-state index in [-0.39, 0.29) is 12.0 Å². The molecular formula is C10H20N2O2. The van der Waals surface area contributed by atoms with E-state index < -0.39 is 5.97 Å². The summed E-state index contributed by atoms with van der Waals surface area (Å²) in [7, 11) is 4.03. The van der Waals surface area contributed by atoms with Crippen LogP contribution in [0.2, 0.25) is 0 Å². The van der Waals surface area contributed by atoms with Crippen LogP contribution in [0.25, 0.3) is 0 Å². The molecular weight excluding hydrogens is 180 g/mol. The molecule has 1 heterocycles. The molecule has 0 spiro atoms. The minimum atomic E-state index is -0.652. The molecule has 4 nitrogen and oxygen atoms in total. The molecule has 0 bridgehead atoms. The van der Waals surface area contributed by atoms with Gasteiger partial charge < -0.3 is 15.3 Å². The summed E-state index contributed by atoms with van der Waals surface area (Å²) in [6.45, 7) is 1.91. The molecule has 2 atom stereocenters. The van der Waals surface area contributed by atoms with Gasteiger partial charge in [0.1, 0.15) is 0 Å². The van der Waals surface area contributed by atoms with Crippen molar-refractivity contribution < 1.29 is 9.90 Å². The highest BCUT2D eigenvalue weighted by Crippen LogP contribution is 2.19. The lowest BCUT2D eigenvalue weighted by Crippen LogP contribution is -2.46. The molecule has 82 valence electrons. The number of hydrogen-bond acceptors (Lipinski definition) is 3. The summed E-state index contributed by atoms with van der Waals surface area (Å²) in [5, 5.41) is 12.3. The number of rotatable bonds is 4. The quantitative estimate of drug-likeness (QED) is 0.689. The minimum Gasteiger partial charge on any atom is -0.481 e. The Hall–Kier alpha value is -0.610. The van der Waals surface area contributed by atoms with E-state index in [1.165, 1.54) is 0 Å². The average Bonchev–Trinajstić information content (AvgIpc) is 2.15. The summed E-state index contributed by atoms with van der Waals surface area (Å²) in [5.41, 5.74) is 0. The lowest BCUT2D eigenvalue weighted by Gasteiger charge is -2.30. The molecule has 1 aliphatic rings. The fraction of sp³-hybridized carbons (Fsp3) is 0.900. The Morgan fingerprint density at radius 3 is 2.86 bits per heavy atom. The standard InChI is InChI=1S/C10H20N2O2/c1-12(2)7-5-9-8(10(13)14)4-3-6-11-9/h8-9,11H,3-7H2,1-2H3,(H,13,14)/t8-,9+/m0/s1. The zero-order chi connectivity index (χ0) is 10.6. The van der Waals surface area contributed by atoms with Crippen molar-refractivity contribution in [2.24, 2.45) is 5.92 Å². The Balaban J connectivity index is 2.42. The third kappa shape index (κ3) is 3.27. The first-order valence-corrected chi connectivity index (χ1v) is 5.22.